The van der Waals surface area contributed by atoms with Gasteiger partial charge in [0.15, 0.2) is 5.82 Å². The third-order valence-electron chi connectivity index (χ3n) is 5.25. The van der Waals surface area contributed by atoms with Crippen LogP contribution in [0.3, 0.4) is 0 Å². The molecule has 174 valence electrons. The summed E-state index contributed by atoms with van der Waals surface area (Å²) < 4.78 is 9.34. The van der Waals surface area contributed by atoms with E-state index >= 15 is 0 Å². The Bertz CT molecular complexity index is 1220. The topological polar surface area (TPSA) is 78.1 Å². The van der Waals surface area contributed by atoms with Crippen molar-refractivity contribution in [1.29, 1.82) is 0 Å². The maximum atomic E-state index is 13.3. The number of halogens is 2. The van der Waals surface area contributed by atoms with Gasteiger partial charge in [-0.05, 0) is 51.8 Å². The fraction of sp³-hybridized carbons (Fsp3) is 0.391. The molecule has 4 rings (SSSR count). The molecule has 2 aromatic heterocycles. The van der Waals surface area contributed by atoms with Crippen LogP contribution in [0.15, 0.2) is 42.5 Å². The van der Waals surface area contributed by atoms with Crippen molar-refractivity contribution >= 4 is 40.7 Å². The molecule has 1 aromatic carbocycles. The molecule has 0 aliphatic carbocycles. The number of aromatic nitrogens is 5. The lowest BCUT2D eigenvalue weighted by atomic mass is 9.94. The van der Waals surface area contributed by atoms with Crippen LogP contribution in [0, 0.1) is 0 Å². The fourth-order valence-electron chi connectivity index (χ4n) is 3.96. The molecule has 10 heteroatoms. The van der Waals surface area contributed by atoms with Crippen molar-refractivity contribution in [3.8, 4) is 0 Å². The first-order valence-corrected chi connectivity index (χ1v) is 11.5. The van der Waals surface area contributed by atoms with Crippen LogP contribution in [0.25, 0.3) is 5.57 Å². The molecule has 1 aliphatic heterocycles. The van der Waals surface area contributed by atoms with E-state index in [2.05, 4.69) is 22.1 Å². The molecule has 3 aromatic rings. The quantitative estimate of drug-likeness (QED) is 0.452. The third kappa shape index (κ3) is 4.37. The normalized spacial score (nSPS) is 16.2. The van der Waals surface area contributed by atoms with Crippen molar-refractivity contribution in [3.63, 3.8) is 0 Å². The van der Waals surface area contributed by atoms with Crippen LogP contribution in [-0.4, -0.2) is 36.2 Å². The first kappa shape index (κ1) is 23.3. The van der Waals surface area contributed by atoms with E-state index in [1.807, 2.05) is 44.5 Å². The Hall–Kier alpha value is -2.84. The number of ether oxygens (including phenoxy) is 1. The molecule has 0 fully saturated rings. The molecule has 0 spiro atoms. The number of amides is 1. The standard InChI is InChI=1S/C23H26Cl2N6O2/c1-6-11-29-21(26-13-28-29)19-14(2)30(22(32)33-23(3,4)5)18-9-10-27-31(18)20(19)15-7-8-16(24)17(25)12-15/h7-10,12-13,20H,6,11H2,1-5H3/t20-/m1/s1. The van der Waals surface area contributed by atoms with Gasteiger partial charge in [0.2, 0.25) is 0 Å². The summed E-state index contributed by atoms with van der Waals surface area (Å²) in [6, 6.07) is 6.86. The van der Waals surface area contributed by atoms with Crippen molar-refractivity contribution in [3.05, 3.63) is 63.9 Å². The van der Waals surface area contributed by atoms with E-state index in [1.54, 1.807) is 23.0 Å². The summed E-state index contributed by atoms with van der Waals surface area (Å²) in [6.07, 6.45) is 3.56. The molecule has 0 saturated heterocycles. The predicted molar refractivity (Wildman–Crippen MR) is 128 cm³/mol. The SMILES string of the molecule is CCCn1ncnc1C1=C(C)N(C(=O)OC(C)(C)C)c2ccnn2[C@@H]1c1ccc(Cl)c(Cl)c1. The van der Waals surface area contributed by atoms with E-state index in [4.69, 9.17) is 27.9 Å². The molecule has 8 nitrogen and oxygen atoms in total. The molecule has 0 N–H and O–H groups in total. The molecule has 0 saturated carbocycles. The molecule has 1 amide bonds. The first-order valence-electron chi connectivity index (χ1n) is 10.7. The van der Waals surface area contributed by atoms with Crippen molar-refractivity contribution in [2.75, 3.05) is 4.90 Å². The van der Waals surface area contributed by atoms with Gasteiger partial charge < -0.3 is 4.74 Å². The zero-order valence-corrected chi connectivity index (χ0v) is 20.7. The minimum Gasteiger partial charge on any atom is -0.443 e. The summed E-state index contributed by atoms with van der Waals surface area (Å²) in [5.41, 5.74) is 1.66. The Balaban J connectivity index is 1.97. The van der Waals surface area contributed by atoms with Gasteiger partial charge in [0.05, 0.1) is 16.2 Å². The van der Waals surface area contributed by atoms with Gasteiger partial charge in [0.25, 0.3) is 0 Å². The second kappa shape index (κ2) is 8.83. The molecular weight excluding hydrogens is 463 g/mol. The average Bonchev–Trinajstić information content (AvgIpc) is 3.37. The largest absolute Gasteiger partial charge is 0.443 e. The fourth-order valence-corrected chi connectivity index (χ4v) is 4.26. The number of benzene rings is 1. The highest BCUT2D eigenvalue weighted by Crippen LogP contribution is 2.44. The minimum atomic E-state index is -0.662. The van der Waals surface area contributed by atoms with Crippen molar-refractivity contribution in [2.45, 2.75) is 59.2 Å². The Morgan fingerprint density at radius 3 is 2.58 bits per heavy atom. The molecule has 0 radical (unpaired) electrons. The molecule has 1 atom stereocenters. The molecule has 1 aliphatic rings. The van der Waals surface area contributed by atoms with E-state index in [9.17, 15) is 4.79 Å². The van der Waals surface area contributed by atoms with Crippen LogP contribution < -0.4 is 4.90 Å². The molecule has 33 heavy (non-hydrogen) atoms. The number of carbonyl (C=O) groups is 1. The lowest BCUT2D eigenvalue weighted by molar-refractivity contribution is 0.0588. The van der Waals surface area contributed by atoms with E-state index in [0.29, 0.717) is 33.9 Å². The highest BCUT2D eigenvalue weighted by atomic mass is 35.5. The first-order chi connectivity index (χ1) is 15.6. The lowest BCUT2D eigenvalue weighted by Crippen LogP contribution is -2.41. The summed E-state index contributed by atoms with van der Waals surface area (Å²) in [5.74, 6) is 1.24. The van der Waals surface area contributed by atoms with Gasteiger partial charge in [-0.25, -0.2) is 24.0 Å². The number of rotatable bonds is 4. The summed E-state index contributed by atoms with van der Waals surface area (Å²) in [5, 5.41) is 9.87. The molecule has 0 unspecified atom stereocenters. The lowest BCUT2D eigenvalue weighted by Gasteiger charge is -2.36. The van der Waals surface area contributed by atoms with Gasteiger partial charge >= 0.3 is 6.09 Å². The van der Waals surface area contributed by atoms with Crippen LogP contribution >= 0.6 is 23.2 Å². The van der Waals surface area contributed by atoms with Crippen LogP contribution in [0.1, 0.15) is 58.5 Å². The predicted octanol–water partition coefficient (Wildman–Crippen LogP) is 5.97. The van der Waals surface area contributed by atoms with Crippen LogP contribution in [-0.2, 0) is 11.3 Å². The zero-order valence-electron chi connectivity index (χ0n) is 19.2. The van der Waals surface area contributed by atoms with Crippen LogP contribution in [0.2, 0.25) is 10.0 Å². The highest BCUT2D eigenvalue weighted by molar-refractivity contribution is 6.42. The maximum Gasteiger partial charge on any atom is 0.420 e. The number of nitrogens with zero attached hydrogens (tertiary/aromatic N) is 6. The van der Waals surface area contributed by atoms with Crippen molar-refractivity contribution in [2.24, 2.45) is 0 Å². The molecule has 0 bridgehead atoms. The minimum absolute atomic E-state index is 0.400. The number of aryl methyl sites for hydroxylation is 1. The highest BCUT2D eigenvalue weighted by Gasteiger charge is 2.39. The third-order valence-corrected chi connectivity index (χ3v) is 5.99. The number of carbonyl (C=O) groups excluding carboxylic acids is 1. The summed E-state index contributed by atoms with van der Waals surface area (Å²) >= 11 is 12.6. The zero-order chi connectivity index (χ0) is 23.9. The molecule has 3 heterocycles. The Kier molecular flexibility index (Phi) is 6.24. The van der Waals surface area contributed by atoms with Gasteiger partial charge in [-0.3, -0.25) is 0 Å². The van der Waals surface area contributed by atoms with Gasteiger partial charge in [0, 0.05) is 23.9 Å². The van der Waals surface area contributed by atoms with Gasteiger partial charge in [0.1, 0.15) is 23.8 Å². The summed E-state index contributed by atoms with van der Waals surface area (Å²) in [6.45, 7) is 10.1. The second-order valence-electron chi connectivity index (χ2n) is 8.83. The number of anilines is 1. The smallest absolute Gasteiger partial charge is 0.420 e. The maximum absolute atomic E-state index is 13.3. The number of hydrogen-bond acceptors (Lipinski definition) is 5. The van der Waals surface area contributed by atoms with Crippen molar-refractivity contribution in [1.82, 2.24) is 24.5 Å². The summed E-state index contributed by atoms with van der Waals surface area (Å²) in [7, 11) is 0. The van der Waals surface area contributed by atoms with Gasteiger partial charge in [-0.15, -0.1) is 0 Å². The average molecular weight is 489 g/mol. The van der Waals surface area contributed by atoms with E-state index in [-0.39, 0.29) is 0 Å². The number of fused-ring (bicyclic) bond motifs is 1. The van der Waals surface area contributed by atoms with Gasteiger partial charge in [-0.2, -0.15) is 10.2 Å². The Labute approximate surface area is 202 Å². The van der Waals surface area contributed by atoms with Gasteiger partial charge in [-0.1, -0.05) is 36.2 Å². The van der Waals surface area contributed by atoms with E-state index < -0.39 is 17.7 Å². The molecular formula is C23H26Cl2N6O2. The van der Waals surface area contributed by atoms with E-state index in [0.717, 1.165) is 17.6 Å². The Morgan fingerprint density at radius 1 is 1.15 bits per heavy atom. The number of hydrogen-bond donors (Lipinski definition) is 0. The van der Waals surface area contributed by atoms with Crippen LogP contribution in [0.5, 0.6) is 0 Å². The number of allylic oxidation sites excluding steroid dienone is 2. The van der Waals surface area contributed by atoms with E-state index in [1.165, 1.54) is 11.2 Å². The second-order valence-corrected chi connectivity index (χ2v) is 9.65. The summed E-state index contributed by atoms with van der Waals surface area (Å²) in [4.78, 5) is 19.4. The Morgan fingerprint density at radius 2 is 1.91 bits per heavy atom. The monoisotopic (exact) mass is 488 g/mol. The van der Waals surface area contributed by atoms with Crippen molar-refractivity contribution < 1.29 is 9.53 Å². The van der Waals surface area contributed by atoms with Crippen LogP contribution in [0.4, 0.5) is 10.6 Å².